The molecule has 0 aromatic heterocycles. The van der Waals surface area contributed by atoms with Gasteiger partial charge in [0.2, 0.25) is 0 Å². The van der Waals surface area contributed by atoms with Gasteiger partial charge >= 0.3 is 5.97 Å². The molecule has 1 saturated heterocycles. The Labute approximate surface area is 230 Å². The maximum atomic E-state index is 12.4. The van der Waals surface area contributed by atoms with Crippen molar-refractivity contribution in [2.24, 2.45) is 34.5 Å². The molecule has 220 valence electrons. The second-order valence-electron chi connectivity index (χ2n) is 13.6. The number of carbonyl (C=O) groups excluding carboxylic acids is 1. The molecule has 9 heteroatoms. The Morgan fingerprint density at radius 2 is 1.85 bits per heavy atom. The summed E-state index contributed by atoms with van der Waals surface area (Å²) in [6.45, 7) is 4.41. The van der Waals surface area contributed by atoms with Gasteiger partial charge in [0.25, 0.3) is 0 Å². The maximum Gasteiger partial charge on any atom is 0.331 e. The average Bonchev–Trinajstić information content (AvgIpc) is 3.47. The lowest BCUT2D eigenvalue weighted by Gasteiger charge is -2.64. The summed E-state index contributed by atoms with van der Waals surface area (Å²) < 4.78 is 22.7. The monoisotopic (exact) mass is 550 g/mol. The van der Waals surface area contributed by atoms with E-state index in [1.165, 1.54) is 7.11 Å². The van der Waals surface area contributed by atoms with Crippen molar-refractivity contribution in [2.45, 2.75) is 114 Å². The number of methoxy groups -OCH3 is 1. The quantitative estimate of drug-likeness (QED) is 0.300. The largest absolute Gasteiger partial charge is 0.458 e. The van der Waals surface area contributed by atoms with Crippen LogP contribution < -0.4 is 0 Å². The van der Waals surface area contributed by atoms with Crippen molar-refractivity contribution in [3.63, 3.8) is 0 Å². The Kier molecular flexibility index (Phi) is 7.22. The Morgan fingerprint density at radius 3 is 2.54 bits per heavy atom. The molecular weight excluding hydrogens is 504 g/mol. The molecule has 0 bridgehead atoms. The van der Waals surface area contributed by atoms with Gasteiger partial charge in [-0.05, 0) is 99.4 Å². The topological polar surface area (TPSA) is 135 Å². The van der Waals surface area contributed by atoms with Gasteiger partial charge in [-0.1, -0.05) is 6.92 Å². The molecule has 0 radical (unpaired) electrons. The summed E-state index contributed by atoms with van der Waals surface area (Å²) in [5.41, 5.74) is -0.343. The minimum absolute atomic E-state index is 0.104. The Bertz CT molecular complexity index is 985. The highest BCUT2D eigenvalue weighted by Gasteiger charge is 2.68. The van der Waals surface area contributed by atoms with Crippen LogP contribution in [-0.2, 0) is 23.7 Å². The third-order valence-corrected chi connectivity index (χ3v) is 12.3. The number of aliphatic hydroxyl groups is 4. The second kappa shape index (κ2) is 10.0. The Hall–Kier alpha value is -1.07. The number of hydrogen-bond donors (Lipinski definition) is 4. The number of aliphatic hydroxyl groups excluding tert-OH is 3. The van der Waals surface area contributed by atoms with Crippen molar-refractivity contribution >= 4 is 5.97 Å². The molecule has 0 aromatic rings. The first kappa shape index (κ1) is 28.1. The van der Waals surface area contributed by atoms with E-state index in [4.69, 9.17) is 18.9 Å². The second-order valence-corrected chi connectivity index (χ2v) is 13.6. The highest BCUT2D eigenvalue weighted by Crippen LogP contribution is 2.70. The zero-order valence-corrected chi connectivity index (χ0v) is 23.5. The molecule has 5 fully saturated rings. The molecule has 4 saturated carbocycles. The third kappa shape index (κ3) is 4.09. The summed E-state index contributed by atoms with van der Waals surface area (Å²) in [6.07, 6.45) is 4.91. The molecule has 5 unspecified atom stereocenters. The van der Waals surface area contributed by atoms with E-state index in [9.17, 15) is 25.2 Å². The lowest BCUT2D eigenvalue weighted by molar-refractivity contribution is -0.314. The highest BCUT2D eigenvalue weighted by atomic mass is 16.7. The first-order valence-corrected chi connectivity index (χ1v) is 15.0. The van der Waals surface area contributed by atoms with Gasteiger partial charge in [0.1, 0.15) is 24.9 Å². The fourth-order valence-corrected chi connectivity index (χ4v) is 10.2. The molecule has 6 aliphatic rings. The van der Waals surface area contributed by atoms with Crippen LogP contribution in [0.15, 0.2) is 11.6 Å². The van der Waals surface area contributed by atoms with Crippen LogP contribution in [0.1, 0.15) is 71.6 Å². The predicted molar refractivity (Wildman–Crippen MR) is 139 cm³/mol. The molecule has 39 heavy (non-hydrogen) atoms. The van der Waals surface area contributed by atoms with Crippen LogP contribution in [0, 0.1) is 34.5 Å². The van der Waals surface area contributed by atoms with Gasteiger partial charge in [0.15, 0.2) is 6.29 Å². The lowest BCUT2D eigenvalue weighted by Crippen LogP contribution is -2.64. The number of fused-ring (bicyclic) bond motifs is 5. The van der Waals surface area contributed by atoms with E-state index >= 15 is 0 Å². The van der Waals surface area contributed by atoms with Crippen molar-refractivity contribution in [3.8, 4) is 0 Å². The van der Waals surface area contributed by atoms with Crippen molar-refractivity contribution in [3.05, 3.63) is 11.6 Å². The molecule has 0 amide bonds. The minimum Gasteiger partial charge on any atom is -0.458 e. The van der Waals surface area contributed by atoms with E-state index < -0.39 is 36.3 Å². The first-order chi connectivity index (χ1) is 18.6. The molecule has 2 heterocycles. The summed E-state index contributed by atoms with van der Waals surface area (Å²) in [5.74, 6) is 0.498. The van der Waals surface area contributed by atoms with Gasteiger partial charge in [-0.3, -0.25) is 0 Å². The van der Waals surface area contributed by atoms with Gasteiger partial charge in [0.05, 0.1) is 17.8 Å². The minimum atomic E-state index is -1.09. The smallest absolute Gasteiger partial charge is 0.331 e. The van der Waals surface area contributed by atoms with E-state index in [2.05, 4.69) is 6.92 Å². The van der Waals surface area contributed by atoms with Gasteiger partial charge in [-0.25, -0.2) is 4.79 Å². The molecule has 9 nitrogen and oxygen atoms in total. The number of rotatable bonds is 5. The number of carbonyl (C=O) groups is 1. The van der Waals surface area contributed by atoms with Gasteiger partial charge in [-0.15, -0.1) is 0 Å². The number of ether oxygens (including phenoxy) is 4. The Morgan fingerprint density at radius 1 is 1.05 bits per heavy atom. The van der Waals surface area contributed by atoms with Crippen LogP contribution in [-0.4, -0.2) is 89.1 Å². The van der Waals surface area contributed by atoms with Gasteiger partial charge < -0.3 is 39.4 Å². The SMILES string of the molecule is COC1C(O)[C@@H](O[C@H]2CC[C@]3(CO)C4CC[C@]5(C)[C@@H](C6=CC(=O)OC6)CC[C@]5(O)C4CC[C@@H]3C2)OC(C)[C@H]1O. The molecule has 13 atom stereocenters. The van der Waals surface area contributed by atoms with Crippen LogP contribution in [0.3, 0.4) is 0 Å². The number of hydrogen-bond acceptors (Lipinski definition) is 9. The van der Waals surface area contributed by atoms with Crippen LogP contribution in [0.5, 0.6) is 0 Å². The highest BCUT2D eigenvalue weighted by molar-refractivity contribution is 5.85. The molecule has 0 aromatic carbocycles. The third-order valence-electron chi connectivity index (χ3n) is 12.3. The van der Waals surface area contributed by atoms with Crippen LogP contribution in [0.2, 0.25) is 0 Å². The first-order valence-electron chi connectivity index (χ1n) is 15.0. The molecule has 6 rings (SSSR count). The summed E-state index contributed by atoms with van der Waals surface area (Å²) >= 11 is 0. The summed E-state index contributed by atoms with van der Waals surface area (Å²) in [7, 11) is 1.47. The molecule has 2 aliphatic heterocycles. The Balaban J connectivity index is 1.18. The van der Waals surface area contributed by atoms with E-state index in [1.807, 2.05) is 0 Å². The average molecular weight is 551 g/mol. The fraction of sp³-hybridized carbons (Fsp3) is 0.900. The van der Waals surface area contributed by atoms with E-state index in [1.54, 1.807) is 13.0 Å². The normalized spacial score (nSPS) is 53.4. The zero-order valence-electron chi connectivity index (χ0n) is 23.5. The van der Waals surface area contributed by atoms with Gasteiger partial charge in [0, 0.05) is 25.2 Å². The van der Waals surface area contributed by atoms with Crippen molar-refractivity contribution in [1.29, 1.82) is 0 Å². The summed E-state index contributed by atoms with van der Waals surface area (Å²) in [6, 6.07) is 0. The lowest BCUT2D eigenvalue weighted by atomic mass is 9.43. The predicted octanol–water partition coefficient (Wildman–Crippen LogP) is 2.08. The molecular formula is C30H46O9. The van der Waals surface area contributed by atoms with E-state index in [-0.39, 0.29) is 53.2 Å². The summed E-state index contributed by atoms with van der Waals surface area (Å²) in [5, 5.41) is 44.4. The maximum absolute atomic E-state index is 12.4. The molecule has 4 N–H and O–H groups in total. The molecule has 0 spiro atoms. The van der Waals surface area contributed by atoms with E-state index in [0.717, 1.165) is 63.4 Å². The summed E-state index contributed by atoms with van der Waals surface area (Å²) in [4.78, 5) is 11.8. The molecule has 4 aliphatic carbocycles. The van der Waals surface area contributed by atoms with Gasteiger partial charge in [-0.2, -0.15) is 0 Å². The van der Waals surface area contributed by atoms with Crippen LogP contribution in [0.25, 0.3) is 0 Å². The van der Waals surface area contributed by atoms with Crippen LogP contribution in [0.4, 0.5) is 0 Å². The standard InChI is InChI=1S/C30H46O9/c1-16-24(33)26(36-3)25(34)27(38-16)39-19-6-10-29(15-31)18(13-19)4-5-22-21(29)7-9-28(2)20(8-11-30(22,28)35)17-12-23(32)37-14-17/h12,16,18-22,24-27,31,33-35H,4-11,13-15H2,1-3H3/t16?,18-,19+,20-,21?,22?,24-,25?,26?,27-,28-,29-,30+/m1/s1. The van der Waals surface area contributed by atoms with Crippen molar-refractivity contribution in [2.75, 3.05) is 20.3 Å². The van der Waals surface area contributed by atoms with Crippen molar-refractivity contribution in [1.82, 2.24) is 0 Å². The van der Waals surface area contributed by atoms with Crippen LogP contribution >= 0.6 is 0 Å². The number of esters is 1. The van der Waals surface area contributed by atoms with Crippen molar-refractivity contribution < 1.29 is 44.2 Å². The fourth-order valence-electron chi connectivity index (χ4n) is 10.2. The van der Waals surface area contributed by atoms with E-state index in [0.29, 0.717) is 6.61 Å². The number of cyclic esters (lactones) is 1. The zero-order chi connectivity index (χ0) is 27.7.